The number of anilines is 1. The van der Waals surface area contributed by atoms with E-state index in [1.807, 2.05) is 0 Å². The van der Waals surface area contributed by atoms with E-state index < -0.39 is 11.8 Å². The van der Waals surface area contributed by atoms with Crippen molar-refractivity contribution in [2.45, 2.75) is 31.3 Å². The quantitative estimate of drug-likeness (QED) is 0.840. The zero-order valence-corrected chi connectivity index (χ0v) is 11.6. The minimum absolute atomic E-state index is 0.274. The van der Waals surface area contributed by atoms with E-state index in [0.29, 0.717) is 12.1 Å². The van der Waals surface area contributed by atoms with Gasteiger partial charge in [0.1, 0.15) is 5.82 Å². The van der Waals surface area contributed by atoms with Crippen LogP contribution in [0.15, 0.2) is 18.2 Å². The maximum absolute atomic E-state index is 13.8. The first-order chi connectivity index (χ1) is 9.69. The Hall–Kier alpha value is -1.62. The summed E-state index contributed by atoms with van der Waals surface area (Å²) in [5.41, 5.74) is 1.05. The van der Waals surface area contributed by atoms with E-state index in [2.05, 4.69) is 15.0 Å². The Morgan fingerprint density at radius 2 is 2.25 bits per heavy atom. The second kappa shape index (κ2) is 5.40. The highest BCUT2D eigenvalue weighted by Crippen LogP contribution is 2.30. The molecule has 0 saturated carbocycles. The molecule has 0 amide bonds. The topological polar surface area (TPSA) is 41.6 Å². The molecule has 4 nitrogen and oxygen atoms in total. The molecule has 0 aliphatic carbocycles. The fraction of sp³-hybridized carbons (Fsp3) is 0.533. The Kier molecular flexibility index (Phi) is 3.61. The molecule has 1 N–H and O–H groups in total. The monoisotopic (exact) mass is 278 g/mol. The third-order valence-electron chi connectivity index (χ3n) is 4.26. The lowest BCUT2D eigenvalue weighted by molar-refractivity contribution is 0.0600. The van der Waals surface area contributed by atoms with E-state index in [-0.39, 0.29) is 5.56 Å². The van der Waals surface area contributed by atoms with Gasteiger partial charge in [-0.1, -0.05) is 0 Å². The van der Waals surface area contributed by atoms with Crippen LogP contribution in [0.3, 0.4) is 0 Å². The molecule has 0 spiro atoms. The number of methoxy groups -OCH3 is 1. The van der Waals surface area contributed by atoms with E-state index in [9.17, 15) is 9.18 Å². The molecule has 3 rings (SSSR count). The number of carbonyl (C=O) groups is 1. The van der Waals surface area contributed by atoms with Gasteiger partial charge in [0, 0.05) is 24.3 Å². The molecular formula is C15H19FN2O2. The molecule has 2 fully saturated rings. The summed E-state index contributed by atoms with van der Waals surface area (Å²) in [6, 6.07) is 5.34. The molecule has 0 aromatic heterocycles. The maximum Gasteiger partial charge on any atom is 0.338 e. The van der Waals surface area contributed by atoms with Gasteiger partial charge >= 0.3 is 5.97 Å². The summed E-state index contributed by atoms with van der Waals surface area (Å²) in [5, 5.41) is 3.49. The standard InChI is InChI=1S/C15H19FN2O2/c1-20-15(19)10-7-11(16)9-12(8-10)18-6-2-3-13-14(18)4-5-17-13/h7-9,13-14,17H,2-6H2,1H3. The van der Waals surface area contributed by atoms with Crippen LogP contribution in [0.2, 0.25) is 0 Å². The van der Waals surface area contributed by atoms with Gasteiger partial charge in [0.05, 0.1) is 12.7 Å². The van der Waals surface area contributed by atoms with E-state index in [1.165, 1.54) is 25.7 Å². The first-order valence-electron chi connectivity index (χ1n) is 7.08. The van der Waals surface area contributed by atoms with Crippen LogP contribution < -0.4 is 10.2 Å². The number of hydrogen-bond acceptors (Lipinski definition) is 4. The lowest BCUT2D eigenvalue weighted by atomic mass is 9.96. The summed E-state index contributed by atoms with van der Waals surface area (Å²) < 4.78 is 18.5. The van der Waals surface area contributed by atoms with Gasteiger partial charge < -0.3 is 15.0 Å². The van der Waals surface area contributed by atoms with Gasteiger partial charge in [-0.2, -0.15) is 0 Å². The van der Waals surface area contributed by atoms with Crippen molar-refractivity contribution in [2.75, 3.05) is 25.1 Å². The third-order valence-corrected chi connectivity index (χ3v) is 4.26. The molecule has 2 aliphatic rings. The van der Waals surface area contributed by atoms with Crippen LogP contribution in [-0.2, 0) is 4.74 Å². The number of fused-ring (bicyclic) bond motifs is 1. The Balaban J connectivity index is 1.92. The van der Waals surface area contributed by atoms with Crippen molar-refractivity contribution in [3.63, 3.8) is 0 Å². The van der Waals surface area contributed by atoms with Crippen molar-refractivity contribution >= 4 is 11.7 Å². The second-order valence-electron chi connectivity index (χ2n) is 5.44. The van der Waals surface area contributed by atoms with E-state index in [1.54, 1.807) is 6.07 Å². The van der Waals surface area contributed by atoms with Crippen LogP contribution in [0, 0.1) is 5.82 Å². The average molecular weight is 278 g/mol. The first-order valence-corrected chi connectivity index (χ1v) is 7.08. The van der Waals surface area contributed by atoms with Gasteiger partial charge in [-0.25, -0.2) is 9.18 Å². The number of rotatable bonds is 2. The van der Waals surface area contributed by atoms with Gasteiger partial charge in [-0.3, -0.25) is 0 Å². The molecule has 20 heavy (non-hydrogen) atoms. The smallest absolute Gasteiger partial charge is 0.338 e. The molecule has 2 unspecified atom stereocenters. The van der Waals surface area contributed by atoms with Gasteiger partial charge in [-0.15, -0.1) is 0 Å². The number of ether oxygens (including phenoxy) is 1. The van der Waals surface area contributed by atoms with Crippen LogP contribution >= 0.6 is 0 Å². The molecule has 0 radical (unpaired) electrons. The molecule has 5 heteroatoms. The third kappa shape index (κ3) is 2.38. The first kappa shape index (κ1) is 13.4. The van der Waals surface area contributed by atoms with Crippen molar-refractivity contribution in [1.29, 1.82) is 0 Å². The van der Waals surface area contributed by atoms with Crippen molar-refractivity contribution in [3.8, 4) is 0 Å². The Morgan fingerprint density at radius 3 is 3.05 bits per heavy atom. The Bertz CT molecular complexity index is 521. The maximum atomic E-state index is 13.8. The normalized spacial score (nSPS) is 25.4. The number of halogens is 1. The minimum atomic E-state index is -0.496. The summed E-state index contributed by atoms with van der Waals surface area (Å²) >= 11 is 0. The van der Waals surface area contributed by atoms with Gasteiger partial charge in [-0.05, 0) is 44.0 Å². The van der Waals surface area contributed by atoms with Gasteiger partial charge in [0.25, 0.3) is 0 Å². The molecule has 2 heterocycles. The highest BCUT2D eigenvalue weighted by molar-refractivity contribution is 5.90. The predicted molar refractivity (Wildman–Crippen MR) is 74.5 cm³/mol. The molecular weight excluding hydrogens is 259 g/mol. The Morgan fingerprint density at radius 1 is 1.40 bits per heavy atom. The Labute approximate surface area is 117 Å². The highest BCUT2D eigenvalue weighted by atomic mass is 19.1. The molecule has 2 atom stereocenters. The van der Waals surface area contributed by atoms with E-state index >= 15 is 0 Å². The van der Waals surface area contributed by atoms with Crippen molar-refractivity contribution in [1.82, 2.24) is 5.32 Å². The van der Waals surface area contributed by atoms with Gasteiger partial charge in [0.15, 0.2) is 0 Å². The van der Waals surface area contributed by atoms with Crippen molar-refractivity contribution in [3.05, 3.63) is 29.6 Å². The largest absolute Gasteiger partial charge is 0.465 e. The minimum Gasteiger partial charge on any atom is -0.465 e. The summed E-state index contributed by atoms with van der Waals surface area (Å²) in [6.45, 7) is 1.91. The zero-order valence-electron chi connectivity index (χ0n) is 11.6. The molecule has 2 saturated heterocycles. The summed E-state index contributed by atoms with van der Waals surface area (Å²) in [4.78, 5) is 13.8. The van der Waals surface area contributed by atoms with Gasteiger partial charge in [0.2, 0.25) is 0 Å². The summed E-state index contributed by atoms with van der Waals surface area (Å²) in [7, 11) is 1.31. The highest BCUT2D eigenvalue weighted by Gasteiger charge is 2.35. The molecule has 108 valence electrons. The van der Waals surface area contributed by atoms with Crippen LogP contribution in [-0.4, -0.2) is 38.3 Å². The van der Waals surface area contributed by atoms with Crippen molar-refractivity contribution in [2.24, 2.45) is 0 Å². The molecule has 1 aromatic carbocycles. The number of carbonyl (C=O) groups excluding carboxylic acids is 1. The summed E-state index contributed by atoms with van der Waals surface area (Å²) in [5.74, 6) is -0.889. The molecule has 2 aliphatic heterocycles. The lowest BCUT2D eigenvalue weighted by Gasteiger charge is -2.39. The number of nitrogens with zero attached hydrogens (tertiary/aromatic N) is 1. The number of esters is 1. The van der Waals surface area contributed by atoms with E-state index in [0.717, 1.165) is 31.6 Å². The van der Waals surface area contributed by atoms with Crippen LogP contribution in [0.25, 0.3) is 0 Å². The average Bonchev–Trinajstić information content (AvgIpc) is 2.94. The fourth-order valence-corrected chi connectivity index (χ4v) is 3.36. The SMILES string of the molecule is COC(=O)c1cc(F)cc(N2CCCC3NCCC32)c1. The van der Waals surface area contributed by atoms with Crippen LogP contribution in [0.5, 0.6) is 0 Å². The zero-order chi connectivity index (χ0) is 14.1. The van der Waals surface area contributed by atoms with E-state index in [4.69, 9.17) is 0 Å². The molecule has 0 bridgehead atoms. The van der Waals surface area contributed by atoms with Crippen LogP contribution in [0.1, 0.15) is 29.6 Å². The number of nitrogens with one attached hydrogen (secondary N) is 1. The lowest BCUT2D eigenvalue weighted by Crippen LogP contribution is -2.48. The summed E-state index contributed by atoms with van der Waals surface area (Å²) in [6.07, 6.45) is 3.31. The number of piperidine rings is 1. The number of benzene rings is 1. The molecule has 1 aromatic rings. The van der Waals surface area contributed by atoms with Crippen LogP contribution in [0.4, 0.5) is 10.1 Å². The fourth-order valence-electron chi connectivity index (χ4n) is 3.36. The second-order valence-corrected chi connectivity index (χ2v) is 5.44. The number of hydrogen-bond donors (Lipinski definition) is 1. The van der Waals surface area contributed by atoms with Crippen molar-refractivity contribution < 1.29 is 13.9 Å². The predicted octanol–water partition coefficient (Wildman–Crippen LogP) is 1.94.